The largest absolute Gasteiger partial charge is 0.364 e. The van der Waals surface area contributed by atoms with Crippen molar-refractivity contribution >= 4 is 28.9 Å². The van der Waals surface area contributed by atoms with Gasteiger partial charge < -0.3 is 10.2 Å². The number of nitrogens with zero attached hydrogens (tertiary/aromatic N) is 1. The van der Waals surface area contributed by atoms with Crippen molar-refractivity contribution < 1.29 is 0 Å². The van der Waals surface area contributed by atoms with Gasteiger partial charge in [-0.2, -0.15) is 0 Å². The Labute approximate surface area is 113 Å². The molecule has 1 fully saturated rings. The van der Waals surface area contributed by atoms with E-state index in [9.17, 15) is 0 Å². The van der Waals surface area contributed by atoms with Gasteiger partial charge in [0.25, 0.3) is 0 Å². The van der Waals surface area contributed by atoms with E-state index < -0.39 is 0 Å². The van der Waals surface area contributed by atoms with Crippen LogP contribution in [-0.2, 0) is 0 Å². The van der Waals surface area contributed by atoms with Crippen LogP contribution in [0.15, 0.2) is 18.2 Å². The summed E-state index contributed by atoms with van der Waals surface area (Å²) >= 11 is 12.3. The Bertz CT molecular complexity index is 395. The van der Waals surface area contributed by atoms with E-state index in [-0.39, 0.29) is 0 Å². The summed E-state index contributed by atoms with van der Waals surface area (Å²) in [6, 6.07) is 6.64. The van der Waals surface area contributed by atoms with Gasteiger partial charge in [0.05, 0.1) is 10.7 Å². The Balaban J connectivity index is 2.31. The Morgan fingerprint density at radius 3 is 2.88 bits per heavy atom. The second kappa shape index (κ2) is 5.47. The summed E-state index contributed by atoms with van der Waals surface area (Å²) < 4.78 is 0. The quantitative estimate of drug-likeness (QED) is 0.886. The van der Waals surface area contributed by atoms with Crippen molar-refractivity contribution in [2.75, 3.05) is 18.0 Å². The van der Waals surface area contributed by atoms with Crippen molar-refractivity contribution in [2.45, 2.75) is 32.4 Å². The van der Waals surface area contributed by atoms with Crippen LogP contribution in [0.4, 0.5) is 5.69 Å². The molecule has 2 rings (SSSR count). The second-order valence-electron chi connectivity index (χ2n) is 4.62. The van der Waals surface area contributed by atoms with Gasteiger partial charge in [0.15, 0.2) is 0 Å². The molecule has 0 aromatic heterocycles. The monoisotopic (exact) mass is 272 g/mol. The highest BCUT2D eigenvalue weighted by molar-refractivity contribution is 6.35. The van der Waals surface area contributed by atoms with Crippen LogP contribution >= 0.6 is 23.2 Å². The van der Waals surface area contributed by atoms with E-state index in [1.54, 1.807) is 0 Å². The highest BCUT2D eigenvalue weighted by Gasteiger charge is 2.26. The van der Waals surface area contributed by atoms with E-state index in [0.717, 1.165) is 35.2 Å². The molecule has 0 radical (unpaired) electrons. The second-order valence-corrected chi connectivity index (χ2v) is 5.46. The Kier molecular flexibility index (Phi) is 4.18. The first kappa shape index (κ1) is 13.0. The van der Waals surface area contributed by atoms with Gasteiger partial charge >= 0.3 is 0 Å². The minimum Gasteiger partial charge on any atom is -0.364 e. The molecule has 0 saturated carbocycles. The molecule has 1 aromatic rings. The maximum Gasteiger partial charge on any atom is 0.0640 e. The topological polar surface area (TPSA) is 15.3 Å². The van der Waals surface area contributed by atoms with E-state index in [1.165, 1.54) is 0 Å². The van der Waals surface area contributed by atoms with Crippen molar-refractivity contribution in [1.29, 1.82) is 0 Å². The fraction of sp³-hybridized carbons (Fsp3) is 0.538. The van der Waals surface area contributed by atoms with Gasteiger partial charge in [0.1, 0.15) is 0 Å². The van der Waals surface area contributed by atoms with Crippen molar-refractivity contribution in [2.24, 2.45) is 0 Å². The average Bonchev–Trinajstić information content (AvgIpc) is 2.32. The van der Waals surface area contributed by atoms with Crippen molar-refractivity contribution in [3.8, 4) is 0 Å². The molecule has 1 aliphatic rings. The molecule has 1 heterocycles. The molecule has 2 atom stereocenters. The summed E-state index contributed by atoms with van der Waals surface area (Å²) in [6.45, 7) is 6.37. The van der Waals surface area contributed by atoms with Crippen LogP contribution in [0.1, 0.15) is 20.3 Å². The van der Waals surface area contributed by atoms with E-state index in [4.69, 9.17) is 23.2 Å². The van der Waals surface area contributed by atoms with Crippen LogP contribution in [0.5, 0.6) is 0 Å². The zero-order valence-corrected chi connectivity index (χ0v) is 11.7. The Morgan fingerprint density at radius 2 is 2.18 bits per heavy atom. The molecule has 2 unspecified atom stereocenters. The third-order valence-electron chi connectivity index (χ3n) is 3.30. The number of rotatable bonds is 2. The van der Waals surface area contributed by atoms with Gasteiger partial charge in [-0.25, -0.2) is 0 Å². The van der Waals surface area contributed by atoms with Crippen LogP contribution < -0.4 is 10.2 Å². The summed E-state index contributed by atoms with van der Waals surface area (Å²) in [6.07, 6.45) is 1.10. The zero-order chi connectivity index (χ0) is 12.4. The Hall–Kier alpha value is -0.440. The highest BCUT2D eigenvalue weighted by Crippen LogP contribution is 2.31. The number of benzene rings is 1. The van der Waals surface area contributed by atoms with Gasteiger partial charge in [0.2, 0.25) is 0 Å². The number of halogens is 2. The molecule has 0 bridgehead atoms. The third kappa shape index (κ3) is 2.87. The normalized spacial score (nSPS) is 25.1. The summed E-state index contributed by atoms with van der Waals surface area (Å²) in [4.78, 5) is 2.37. The molecule has 4 heteroatoms. The summed E-state index contributed by atoms with van der Waals surface area (Å²) in [5, 5.41) is 5.02. The van der Waals surface area contributed by atoms with Crippen LogP contribution in [0.3, 0.4) is 0 Å². The summed E-state index contributed by atoms with van der Waals surface area (Å²) in [5.74, 6) is 0. The van der Waals surface area contributed by atoms with Crippen LogP contribution in [0.25, 0.3) is 0 Å². The molecule has 1 N–H and O–H groups in total. The van der Waals surface area contributed by atoms with Gasteiger partial charge in [-0.15, -0.1) is 0 Å². The SMILES string of the molecule is CCC1CNC(C)CN1c1cc(Cl)ccc1Cl. The van der Waals surface area contributed by atoms with E-state index in [1.807, 2.05) is 18.2 Å². The fourth-order valence-electron chi connectivity index (χ4n) is 2.32. The molecule has 0 spiro atoms. The molecule has 94 valence electrons. The van der Waals surface area contributed by atoms with Gasteiger partial charge in [0, 0.05) is 30.2 Å². The van der Waals surface area contributed by atoms with Crippen molar-refractivity contribution in [3.05, 3.63) is 28.2 Å². The van der Waals surface area contributed by atoms with Gasteiger partial charge in [-0.3, -0.25) is 0 Å². The molecular weight excluding hydrogens is 255 g/mol. The lowest BCUT2D eigenvalue weighted by Crippen LogP contribution is -2.55. The lowest BCUT2D eigenvalue weighted by atomic mass is 10.1. The fourth-order valence-corrected chi connectivity index (χ4v) is 2.71. The first-order valence-corrected chi connectivity index (χ1v) is 6.82. The Morgan fingerprint density at radius 1 is 1.41 bits per heavy atom. The lowest BCUT2D eigenvalue weighted by molar-refractivity contribution is 0.402. The molecule has 0 amide bonds. The first-order valence-electron chi connectivity index (χ1n) is 6.07. The molecule has 2 nitrogen and oxygen atoms in total. The first-order chi connectivity index (χ1) is 8.11. The number of nitrogens with one attached hydrogen (secondary N) is 1. The van der Waals surface area contributed by atoms with Gasteiger partial charge in [-0.1, -0.05) is 30.1 Å². The molecule has 1 aromatic carbocycles. The predicted molar refractivity (Wildman–Crippen MR) is 75.4 cm³/mol. The van der Waals surface area contributed by atoms with Crippen LogP contribution in [-0.4, -0.2) is 25.2 Å². The molecule has 1 aliphatic heterocycles. The smallest absolute Gasteiger partial charge is 0.0640 e. The molecular formula is C13H18Cl2N2. The number of hydrogen-bond donors (Lipinski definition) is 1. The lowest BCUT2D eigenvalue weighted by Gasteiger charge is -2.41. The van der Waals surface area contributed by atoms with Crippen LogP contribution in [0, 0.1) is 0 Å². The van der Waals surface area contributed by atoms with Crippen molar-refractivity contribution in [1.82, 2.24) is 5.32 Å². The van der Waals surface area contributed by atoms with Gasteiger partial charge in [-0.05, 0) is 31.5 Å². The zero-order valence-electron chi connectivity index (χ0n) is 10.2. The minimum absolute atomic E-state index is 0.479. The molecule has 0 aliphatic carbocycles. The average molecular weight is 273 g/mol. The maximum atomic E-state index is 6.28. The summed E-state index contributed by atoms with van der Waals surface area (Å²) in [5.41, 5.74) is 1.05. The van der Waals surface area contributed by atoms with E-state index in [2.05, 4.69) is 24.1 Å². The third-order valence-corrected chi connectivity index (χ3v) is 3.86. The van der Waals surface area contributed by atoms with Crippen molar-refractivity contribution in [3.63, 3.8) is 0 Å². The summed E-state index contributed by atoms with van der Waals surface area (Å²) in [7, 11) is 0. The number of anilines is 1. The number of piperazine rings is 1. The van der Waals surface area contributed by atoms with Crippen LogP contribution in [0.2, 0.25) is 10.0 Å². The highest BCUT2D eigenvalue weighted by atomic mass is 35.5. The maximum absolute atomic E-state index is 6.28. The standard InChI is InChI=1S/C13H18Cl2N2/c1-3-11-7-16-9(2)8-17(11)13-6-10(14)4-5-12(13)15/h4-6,9,11,16H,3,7-8H2,1-2H3. The molecule has 1 saturated heterocycles. The predicted octanol–water partition coefficient (Wildman–Crippen LogP) is 3.57. The number of hydrogen-bond acceptors (Lipinski definition) is 2. The minimum atomic E-state index is 0.479. The molecule has 17 heavy (non-hydrogen) atoms. The van der Waals surface area contributed by atoms with E-state index in [0.29, 0.717) is 12.1 Å². The van der Waals surface area contributed by atoms with E-state index >= 15 is 0 Å².